The molecule has 0 fully saturated rings. The number of hydrogen-bond donors (Lipinski definition) is 2. The molecule has 24 heavy (non-hydrogen) atoms. The van der Waals surface area contributed by atoms with Crippen LogP contribution in [0.25, 0.3) is 5.69 Å². The maximum atomic E-state index is 12.0. The first kappa shape index (κ1) is 20.2. The molecule has 2 aromatic rings. The Bertz CT molecular complexity index is 601. The van der Waals surface area contributed by atoms with Crippen molar-refractivity contribution in [2.24, 2.45) is 5.73 Å². The lowest BCUT2D eigenvalue weighted by molar-refractivity contribution is -0.121. The van der Waals surface area contributed by atoms with Crippen LogP contribution in [-0.4, -0.2) is 22.2 Å². The molecule has 0 aliphatic carbocycles. The van der Waals surface area contributed by atoms with E-state index in [1.54, 1.807) is 6.20 Å². The summed E-state index contributed by atoms with van der Waals surface area (Å²) in [5.74, 6) is 0.106. The van der Waals surface area contributed by atoms with E-state index in [4.69, 9.17) is 5.73 Å². The average Bonchev–Trinajstić information content (AvgIpc) is 3.09. The Balaban J connectivity index is 0.00000288. The fraction of sp³-hybridized carbons (Fsp3) is 0.444. The van der Waals surface area contributed by atoms with Crippen LogP contribution in [-0.2, 0) is 4.79 Å². The Kier molecular flexibility index (Phi) is 9.12. The number of unbranched alkanes of at least 4 members (excludes halogenated alkanes) is 3. The normalized spacial score (nSPS) is 11.6. The van der Waals surface area contributed by atoms with Crippen LogP contribution in [0.2, 0.25) is 0 Å². The van der Waals surface area contributed by atoms with Crippen LogP contribution in [0.5, 0.6) is 0 Å². The summed E-state index contributed by atoms with van der Waals surface area (Å²) >= 11 is 0. The maximum Gasteiger partial charge on any atom is 0.220 e. The smallest absolute Gasteiger partial charge is 0.220 e. The van der Waals surface area contributed by atoms with E-state index >= 15 is 0 Å². The fourth-order valence-corrected chi connectivity index (χ4v) is 2.54. The van der Waals surface area contributed by atoms with Gasteiger partial charge in [0.1, 0.15) is 0 Å². The van der Waals surface area contributed by atoms with Gasteiger partial charge in [0.15, 0.2) is 0 Å². The molecule has 0 bridgehead atoms. The van der Waals surface area contributed by atoms with Gasteiger partial charge in [0.05, 0.1) is 11.7 Å². The van der Waals surface area contributed by atoms with Gasteiger partial charge >= 0.3 is 0 Å². The zero-order valence-electron chi connectivity index (χ0n) is 14.1. The first-order valence-corrected chi connectivity index (χ1v) is 8.30. The summed E-state index contributed by atoms with van der Waals surface area (Å²) in [5.41, 5.74) is 7.54. The summed E-state index contributed by atoms with van der Waals surface area (Å²) in [5, 5.41) is 7.30. The van der Waals surface area contributed by atoms with Crippen molar-refractivity contribution in [1.29, 1.82) is 0 Å². The van der Waals surface area contributed by atoms with E-state index < -0.39 is 0 Å². The lowest BCUT2D eigenvalue weighted by Crippen LogP contribution is -2.26. The highest BCUT2D eigenvalue weighted by Crippen LogP contribution is 2.17. The molecule has 0 radical (unpaired) electrons. The molecule has 1 aromatic carbocycles. The second kappa shape index (κ2) is 10.8. The number of amides is 1. The zero-order valence-corrected chi connectivity index (χ0v) is 15.0. The molecule has 1 amide bonds. The Morgan fingerprint density at radius 3 is 2.75 bits per heavy atom. The van der Waals surface area contributed by atoms with Crippen molar-refractivity contribution in [3.05, 3.63) is 48.3 Å². The molecule has 0 saturated carbocycles. The minimum Gasteiger partial charge on any atom is -0.350 e. The number of aromatic nitrogens is 2. The van der Waals surface area contributed by atoms with Crippen molar-refractivity contribution >= 4 is 18.3 Å². The first-order valence-electron chi connectivity index (χ1n) is 8.30. The zero-order chi connectivity index (χ0) is 16.5. The highest BCUT2D eigenvalue weighted by molar-refractivity contribution is 5.85. The Hall–Kier alpha value is -1.85. The molecule has 0 aliphatic rings. The van der Waals surface area contributed by atoms with Crippen LogP contribution < -0.4 is 11.1 Å². The van der Waals surface area contributed by atoms with Gasteiger partial charge in [-0.2, -0.15) is 5.10 Å². The molecule has 0 saturated heterocycles. The van der Waals surface area contributed by atoms with Gasteiger partial charge in [0.2, 0.25) is 5.91 Å². The number of nitrogens with zero attached hydrogens (tertiary/aromatic N) is 2. The van der Waals surface area contributed by atoms with Crippen LogP contribution in [0.3, 0.4) is 0 Å². The molecule has 6 heteroatoms. The largest absolute Gasteiger partial charge is 0.350 e. The number of nitrogens with two attached hydrogens (primary N) is 1. The van der Waals surface area contributed by atoms with Crippen LogP contribution in [0, 0.1) is 0 Å². The number of rotatable bonds is 9. The number of nitrogens with one attached hydrogen (secondary N) is 1. The number of hydrogen-bond acceptors (Lipinski definition) is 3. The van der Waals surface area contributed by atoms with E-state index in [-0.39, 0.29) is 24.4 Å². The highest BCUT2D eigenvalue weighted by atomic mass is 35.5. The Labute approximate surface area is 150 Å². The quantitative estimate of drug-likeness (QED) is 0.681. The number of benzene rings is 1. The van der Waals surface area contributed by atoms with E-state index in [1.165, 1.54) is 0 Å². The van der Waals surface area contributed by atoms with Crippen LogP contribution in [0.1, 0.15) is 50.6 Å². The summed E-state index contributed by atoms with van der Waals surface area (Å²) in [6.45, 7) is 2.74. The molecule has 5 nitrogen and oxygen atoms in total. The molecular formula is C18H27ClN4O. The van der Waals surface area contributed by atoms with E-state index in [2.05, 4.69) is 16.5 Å². The van der Waals surface area contributed by atoms with Gasteiger partial charge in [-0.3, -0.25) is 4.79 Å². The predicted molar refractivity (Wildman–Crippen MR) is 99.5 cm³/mol. The van der Waals surface area contributed by atoms with E-state index in [0.29, 0.717) is 6.42 Å². The fourth-order valence-electron chi connectivity index (χ4n) is 2.54. The molecule has 0 aliphatic heterocycles. The molecule has 1 heterocycles. The summed E-state index contributed by atoms with van der Waals surface area (Å²) in [6, 6.07) is 9.95. The van der Waals surface area contributed by atoms with Gasteiger partial charge in [0, 0.05) is 18.8 Å². The second-order valence-corrected chi connectivity index (χ2v) is 5.79. The SMILES string of the molecule is CC(NC(=O)CCCCCCN)c1cccc(-n2cccn2)c1.Cl. The van der Waals surface area contributed by atoms with Crippen LogP contribution in [0.4, 0.5) is 0 Å². The third-order valence-electron chi connectivity index (χ3n) is 3.87. The van der Waals surface area contributed by atoms with Crippen molar-refractivity contribution in [3.63, 3.8) is 0 Å². The molecular weight excluding hydrogens is 324 g/mol. The van der Waals surface area contributed by atoms with Crippen molar-refractivity contribution in [3.8, 4) is 5.69 Å². The van der Waals surface area contributed by atoms with Crippen LogP contribution in [0.15, 0.2) is 42.7 Å². The van der Waals surface area contributed by atoms with Gasteiger partial charge in [-0.1, -0.05) is 25.0 Å². The summed E-state index contributed by atoms with van der Waals surface area (Å²) in [6.07, 6.45) is 8.36. The summed E-state index contributed by atoms with van der Waals surface area (Å²) in [7, 11) is 0. The third kappa shape index (κ3) is 6.34. The summed E-state index contributed by atoms with van der Waals surface area (Å²) < 4.78 is 1.81. The van der Waals surface area contributed by atoms with E-state index in [0.717, 1.165) is 43.5 Å². The molecule has 1 aromatic heterocycles. The van der Waals surface area contributed by atoms with Gasteiger partial charge in [-0.15, -0.1) is 12.4 Å². The van der Waals surface area contributed by atoms with Gasteiger partial charge in [-0.25, -0.2) is 4.68 Å². The minimum atomic E-state index is -0.0120. The summed E-state index contributed by atoms with van der Waals surface area (Å²) in [4.78, 5) is 12.0. The molecule has 2 rings (SSSR count). The van der Waals surface area contributed by atoms with Crippen LogP contribution >= 0.6 is 12.4 Å². The van der Waals surface area contributed by atoms with Crippen molar-refractivity contribution in [2.75, 3.05) is 6.54 Å². The topological polar surface area (TPSA) is 72.9 Å². The van der Waals surface area contributed by atoms with Crippen molar-refractivity contribution in [1.82, 2.24) is 15.1 Å². The molecule has 1 unspecified atom stereocenters. The standard InChI is InChI=1S/C18H26N4O.ClH/c1-15(21-18(23)10-4-2-3-5-11-19)16-8-6-9-17(14-16)22-13-7-12-20-22;/h6-9,12-15H,2-5,10-11,19H2,1H3,(H,21,23);1H. The molecule has 1 atom stereocenters. The van der Waals surface area contributed by atoms with Crippen molar-refractivity contribution in [2.45, 2.75) is 45.1 Å². The number of carbonyl (C=O) groups excluding carboxylic acids is 1. The maximum absolute atomic E-state index is 12.0. The predicted octanol–water partition coefficient (Wildman–Crippen LogP) is 3.38. The van der Waals surface area contributed by atoms with Crippen molar-refractivity contribution < 1.29 is 4.79 Å². The first-order chi connectivity index (χ1) is 11.2. The lowest BCUT2D eigenvalue weighted by Gasteiger charge is -2.15. The highest BCUT2D eigenvalue weighted by Gasteiger charge is 2.10. The Morgan fingerprint density at radius 2 is 2.04 bits per heavy atom. The third-order valence-corrected chi connectivity index (χ3v) is 3.87. The average molecular weight is 351 g/mol. The number of carbonyl (C=O) groups is 1. The molecule has 3 N–H and O–H groups in total. The second-order valence-electron chi connectivity index (χ2n) is 5.79. The minimum absolute atomic E-state index is 0. The monoisotopic (exact) mass is 350 g/mol. The molecule has 0 spiro atoms. The van der Waals surface area contributed by atoms with Gasteiger partial charge in [-0.05, 0) is 50.1 Å². The van der Waals surface area contributed by atoms with E-state index in [9.17, 15) is 4.79 Å². The molecule has 132 valence electrons. The van der Waals surface area contributed by atoms with Gasteiger partial charge < -0.3 is 11.1 Å². The number of halogens is 1. The lowest BCUT2D eigenvalue weighted by atomic mass is 10.1. The van der Waals surface area contributed by atoms with Gasteiger partial charge in [0.25, 0.3) is 0 Å². The Morgan fingerprint density at radius 1 is 1.25 bits per heavy atom. The van der Waals surface area contributed by atoms with E-state index in [1.807, 2.05) is 42.1 Å².